The maximum Gasteiger partial charge on any atom is 0.191 e. The van der Waals surface area contributed by atoms with Crippen molar-refractivity contribution >= 4 is 43.1 Å². The molecular weight excluding hydrogens is 316 g/mol. The number of pyridine rings is 1. The maximum absolute atomic E-state index is 12.4. The van der Waals surface area contributed by atoms with Crippen molar-refractivity contribution in [2.75, 3.05) is 0 Å². The molecule has 4 rings (SSSR count). The highest BCUT2D eigenvalue weighted by atomic mass is 32.2. The zero-order valence-electron chi connectivity index (χ0n) is 11.5. The van der Waals surface area contributed by atoms with E-state index in [1.54, 1.807) is 23.7 Å². The summed E-state index contributed by atoms with van der Waals surface area (Å²) in [7, 11) is -3.28. The van der Waals surface area contributed by atoms with Crippen LogP contribution < -0.4 is 0 Å². The maximum atomic E-state index is 12.4. The van der Waals surface area contributed by atoms with Gasteiger partial charge in [0.2, 0.25) is 0 Å². The van der Waals surface area contributed by atoms with Crippen molar-refractivity contribution in [2.24, 2.45) is 0 Å². The van der Waals surface area contributed by atoms with Gasteiger partial charge < -0.3 is 4.98 Å². The third-order valence-electron chi connectivity index (χ3n) is 3.59. The number of aromatic nitrogens is 2. The first-order chi connectivity index (χ1) is 10.6. The van der Waals surface area contributed by atoms with Crippen molar-refractivity contribution in [3.63, 3.8) is 0 Å². The first-order valence-electron chi connectivity index (χ1n) is 6.75. The second-order valence-corrected chi connectivity index (χ2v) is 8.26. The SMILES string of the molecule is O=S(=O)(Cc1ccc2[nH]c3ncccc3c2c1)c1cccs1. The predicted molar refractivity (Wildman–Crippen MR) is 88.8 cm³/mol. The summed E-state index contributed by atoms with van der Waals surface area (Å²) in [6.07, 6.45) is 1.74. The van der Waals surface area contributed by atoms with Crippen molar-refractivity contribution < 1.29 is 8.42 Å². The standard InChI is InChI=1S/C16H12N2O2S2/c19-22(20,15-4-2-8-21-15)10-11-5-6-14-13(9-11)12-3-1-7-17-16(12)18-14/h1-9H,10H2,(H,17,18). The molecule has 3 aromatic heterocycles. The summed E-state index contributed by atoms with van der Waals surface area (Å²) in [5, 5.41) is 3.79. The van der Waals surface area contributed by atoms with Crippen LogP contribution >= 0.6 is 11.3 Å². The van der Waals surface area contributed by atoms with E-state index in [-0.39, 0.29) is 5.75 Å². The molecule has 1 aromatic carbocycles. The Hall–Kier alpha value is -2.18. The number of nitrogens with zero attached hydrogens (tertiary/aromatic N) is 1. The molecule has 0 atom stereocenters. The molecule has 4 nitrogen and oxygen atoms in total. The van der Waals surface area contributed by atoms with Gasteiger partial charge in [0.15, 0.2) is 9.84 Å². The summed E-state index contributed by atoms with van der Waals surface area (Å²) in [6, 6.07) is 13.0. The molecule has 0 aliphatic heterocycles. The molecule has 0 unspecified atom stereocenters. The molecule has 0 amide bonds. The van der Waals surface area contributed by atoms with Crippen LogP contribution in [-0.2, 0) is 15.6 Å². The van der Waals surface area contributed by atoms with Crippen molar-refractivity contribution in [2.45, 2.75) is 9.96 Å². The van der Waals surface area contributed by atoms with Crippen LogP contribution in [0.4, 0.5) is 0 Å². The van der Waals surface area contributed by atoms with Gasteiger partial charge in [0.1, 0.15) is 9.86 Å². The molecule has 4 aromatic rings. The zero-order valence-corrected chi connectivity index (χ0v) is 13.1. The molecule has 110 valence electrons. The van der Waals surface area contributed by atoms with E-state index in [4.69, 9.17) is 0 Å². The van der Waals surface area contributed by atoms with Crippen LogP contribution in [0.3, 0.4) is 0 Å². The van der Waals surface area contributed by atoms with Gasteiger partial charge in [-0.05, 0) is 41.3 Å². The Morgan fingerprint density at radius 2 is 2.00 bits per heavy atom. The Kier molecular flexibility index (Phi) is 3.02. The second kappa shape index (κ2) is 4.93. The summed E-state index contributed by atoms with van der Waals surface area (Å²) in [6.45, 7) is 0. The number of nitrogens with one attached hydrogen (secondary N) is 1. The van der Waals surface area contributed by atoms with Gasteiger partial charge in [0.05, 0.1) is 5.75 Å². The number of H-pyrrole nitrogens is 1. The minimum atomic E-state index is -3.28. The van der Waals surface area contributed by atoms with Gasteiger partial charge in [0.25, 0.3) is 0 Å². The minimum Gasteiger partial charge on any atom is -0.339 e. The van der Waals surface area contributed by atoms with Crippen LogP contribution in [0.5, 0.6) is 0 Å². The lowest BCUT2D eigenvalue weighted by Crippen LogP contribution is -2.02. The van der Waals surface area contributed by atoms with Gasteiger partial charge in [-0.1, -0.05) is 12.1 Å². The Morgan fingerprint density at radius 3 is 2.82 bits per heavy atom. The van der Waals surface area contributed by atoms with Gasteiger partial charge in [-0.3, -0.25) is 0 Å². The molecule has 3 heterocycles. The second-order valence-electron chi connectivity index (χ2n) is 5.10. The third-order valence-corrected chi connectivity index (χ3v) is 6.77. The van der Waals surface area contributed by atoms with Crippen molar-refractivity contribution in [3.05, 3.63) is 59.6 Å². The van der Waals surface area contributed by atoms with Gasteiger partial charge in [-0.15, -0.1) is 11.3 Å². The highest BCUT2D eigenvalue weighted by Crippen LogP contribution is 2.27. The van der Waals surface area contributed by atoms with Crippen LogP contribution in [0, 0.1) is 0 Å². The molecule has 0 spiro atoms. The fourth-order valence-electron chi connectivity index (χ4n) is 2.59. The number of aromatic amines is 1. The lowest BCUT2D eigenvalue weighted by molar-refractivity contribution is 0.597. The van der Waals surface area contributed by atoms with Crippen molar-refractivity contribution in [1.82, 2.24) is 9.97 Å². The summed E-state index contributed by atoms with van der Waals surface area (Å²) in [5.41, 5.74) is 2.56. The predicted octanol–water partition coefficient (Wildman–Crippen LogP) is 3.75. The fraction of sp³-hybridized carbons (Fsp3) is 0.0625. The Bertz CT molecular complexity index is 1060. The Labute approximate surface area is 131 Å². The van der Waals surface area contributed by atoms with Crippen molar-refractivity contribution in [3.8, 4) is 0 Å². The number of fused-ring (bicyclic) bond motifs is 3. The number of hydrogen-bond donors (Lipinski definition) is 1. The Balaban J connectivity index is 1.81. The molecule has 0 bridgehead atoms. The highest BCUT2D eigenvalue weighted by molar-refractivity contribution is 7.92. The van der Waals surface area contributed by atoms with Crippen LogP contribution in [0.1, 0.15) is 5.56 Å². The molecule has 1 N–H and O–H groups in total. The van der Waals surface area contributed by atoms with Gasteiger partial charge >= 0.3 is 0 Å². The van der Waals surface area contributed by atoms with Gasteiger partial charge in [-0.2, -0.15) is 0 Å². The lowest BCUT2D eigenvalue weighted by Gasteiger charge is -2.03. The monoisotopic (exact) mass is 328 g/mol. The molecular formula is C16H12N2O2S2. The summed E-state index contributed by atoms with van der Waals surface area (Å²) in [5.74, 6) is 0.0103. The first kappa shape index (κ1) is 13.5. The molecule has 6 heteroatoms. The van der Waals surface area contributed by atoms with E-state index in [9.17, 15) is 8.42 Å². The number of thiophene rings is 1. The minimum absolute atomic E-state index is 0.0103. The smallest absolute Gasteiger partial charge is 0.191 e. The van der Waals surface area contributed by atoms with Crippen molar-refractivity contribution in [1.29, 1.82) is 0 Å². The van der Waals surface area contributed by atoms with Crippen LogP contribution in [-0.4, -0.2) is 18.4 Å². The molecule has 0 saturated carbocycles. The fourth-order valence-corrected chi connectivity index (χ4v) is 5.02. The topological polar surface area (TPSA) is 62.8 Å². The van der Waals surface area contributed by atoms with Crippen LogP contribution in [0.25, 0.3) is 21.9 Å². The number of benzene rings is 1. The Morgan fingerprint density at radius 1 is 1.09 bits per heavy atom. The first-order valence-corrected chi connectivity index (χ1v) is 9.28. The molecule has 0 aliphatic rings. The van der Waals surface area contributed by atoms with E-state index in [0.29, 0.717) is 4.21 Å². The summed E-state index contributed by atoms with van der Waals surface area (Å²) >= 11 is 1.25. The number of sulfone groups is 1. The van der Waals surface area contributed by atoms with E-state index in [2.05, 4.69) is 9.97 Å². The largest absolute Gasteiger partial charge is 0.339 e. The zero-order chi connectivity index (χ0) is 15.2. The molecule has 0 radical (unpaired) electrons. The van der Waals surface area contributed by atoms with E-state index in [1.165, 1.54) is 11.3 Å². The molecule has 0 saturated heterocycles. The molecule has 22 heavy (non-hydrogen) atoms. The van der Waals surface area contributed by atoms with E-state index in [1.807, 2.05) is 30.3 Å². The quantitative estimate of drug-likeness (QED) is 0.623. The number of rotatable bonds is 3. The van der Waals surface area contributed by atoms with E-state index in [0.717, 1.165) is 27.5 Å². The third kappa shape index (κ3) is 2.20. The lowest BCUT2D eigenvalue weighted by atomic mass is 10.1. The van der Waals surface area contributed by atoms with Gasteiger partial charge in [0, 0.05) is 22.5 Å². The van der Waals surface area contributed by atoms with Crippen LogP contribution in [0.2, 0.25) is 0 Å². The van der Waals surface area contributed by atoms with Crippen LogP contribution in [0.15, 0.2) is 58.3 Å². The van der Waals surface area contributed by atoms with E-state index < -0.39 is 9.84 Å². The molecule has 0 fully saturated rings. The highest BCUT2D eigenvalue weighted by Gasteiger charge is 2.17. The average molecular weight is 328 g/mol. The summed E-state index contributed by atoms with van der Waals surface area (Å²) in [4.78, 5) is 7.53. The summed E-state index contributed by atoms with van der Waals surface area (Å²) < 4.78 is 25.2. The number of hydrogen-bond acceptors (Lipinski definition) is 4. The molecule has 0 aliphatic carbocycles. The average Bonchev–Trinajstić information content (AvgIpc) is 3.14. The van der Waals surface area contributed by atoms with E-state index >= 15 is 0 Å². The van der Waals surface area contributed by atoms with Gasteiger partial charge in [-0.25, -0.2) is 13.4 Å². The normalized spacial score (nSPS) is 12.2.